The fourth-order valence-corrected chi connectivity index (χ4v) is 2.18. The van der Waals surface area contributed by atoms with Crippen molar-refractivity contribution >= 4 is 11.8 Å². The van der Waals surface area contributed by atoms with Gasteiger partial charge in [-0.3, -0.25) is 0 Å². The standard InChI is InChI=1S/C13H20FNS/c1-4-16-9-11(3)15-8-12-7-13(14)6-5-10(12)2/h5-7,11,15H,4,8-9H2,1-3H3. The molecule has 1 nitrogen and oxygen atoms in total. The van der Waals surface area contributed by atoms with Crippen LogP contribution in [0.3, 0.4) is 0 Å². The molecule has 1 aromatic rings. The molecule has 0 amide bonds. The number of rotatable bonds is 6. The van der Waals surface area contributed by atoms with Crippen molar-refractivity contribution in [3.8, 4) is 0 Å². The maximum absolute atomic E-state index is 13.0. The molecule has 1 rings (SSSR count). The highest BCUT2D eigenvalue weighted by Gasteiger charge is 2.04. The first-order chi connectivity index (χ1) is 7.63. The molecule has 1 aromatic carbocycles. The van der Waals surface area contributed by atoms with E-state index in [0.29, 0.717) is 6.04 Å². The van der Waals surface area contributed by atoms with E-state index in [2.05, 4.69) is 19.2 Å². The number of benzene rings is 1. The van der Waals surface area contributed by atoms with E-state index in [0.717, 1.165) is 29.2 Å². The van der Waals surface area contributed by atoms with Gasteiger partial charge in [0, 0.05) is 18.3 Å². The second kappa shape index (κ2) is 6.92. The van der Waals surface area contributed by atoms with Crippen molar-refractivity contribution in [1.82, 2.24) is 5.32 Å². The predicted molar refractivity (Wildman–Crippen MR) is 70.4 cm³/mol. The summed E-state index contributed by atoms with van der Waals surface area (Å²) in [7, 11) is 0. The van der Waals surface area contributed by atoms with Crippen LogP contribution in [0.2, 0.25) is 0 Å². The zero-order chi connectivity index (χ0) is 12.0. The van der Waals surface area contributed by atoms with Gasteiger partial charge in [0.2, 0.25) is 0 Å². The Bertz CT molecular complexity index is 328. The molecule has 0 aliphatic heterocycles. The van der Waals surface area contributed by atoms with E-state index < -0.39 is 0 Å². The van der Waals surface area contributed by atoms with Crippen LogP contribution in [0.15, 0.2) is 18.2 Å². The van der Waals surface area contributed by atoms with Crippen molar-refractivity contribution in [1.29, 1.82) is 0 Å². The van der Waals surface area contributed by atoms with Crippen molar-refractivity contribution in [3.05, 3.63) is 35.1 Å². The van der Waals surface area contributed by atoms with Gasteiger partial charge in [0.1, 0.15) is 5.82 Å². The predicted octanol–water partition coefficient (Wildman–Crippen LogP) is 3.37. The zero-order valence-electron chi connectivity index (χ0n) is 10.2. The van der Waals surface area contributed by atoms with Gasteiger partial charge in [0.25, 0.3) is 0 Å². The summed E-state index contributed by atoms with van der Waals surface area (Å²) in [6.45, 7) is 7.09. The van der Waals surface area contributed by atoms with Crippen molar-refractivity contribution < 1.29 is 4.39 Å². The number of nitrogens with one attached hydrogen (secondary N) is 1. The Morgan fingerprint density at radius 1 is 1.44 bits per heavy atom. The first kappa shape index (κ1) is 13.5. The van der Waals surface area contributed by atoms with Crippen molar-refractivity contribution in [2.24, 2.45) is 0 Å². The average Bonchev–Trinajstić information content (AvgIpc) is 2.27. The van der Waals surface area contributed by atoms with Gasteiger partial charge in [-0.05, 0) is 42.9 Å². The summed E-state index contributed by atoms with van der Waals surface area (Å²) in [6, 6.07) is 5.42. The highest BCUT2D eigenvalue weighted by molar-refractivity contribution is 7.99. The smallest absolute Gasteiger partial charge is 0.123 e. The van der Waals surface area contributed by atoms with Crippen LogP contribution in [-0.4, -0.2) is 17.5 Å². The number of hydrogen-bond acceptors (Lipinski definition) is 2. The summed E-state index contributed by atoms with van der Waals surface area (Å²) in [5.74, 6) is 2.09. The summed E-state index contributed by atoms with van der Waals surface area (Å²) in [5, 5.41) is 3.41. The monoisotopic (exact) mass is 241 g/mol. The molecule has 90 valence electrons. The second-order valence-corrected chi connectivity index (χ2v) is 5.33. The quantitative estimate of drug-likeness (QED) is 0.819. The molecule has 0 saturated carbocycles. The molecular formula is C13H20FNS. The Kier molecular flexibility index (Phi) is 5.85. The lowest BCUT2D eigenvalue weighted by molar-refractivity contribution is 0.585. The molecule has 1 unspecified atom stereocenters. The van der Waals surface area contributed by atoms with E-state index in [-0.39, 0.29) is 5.82 Å². The lowest BCUT2D eigenvalue weighted by atomic mass is 10.1. The van der Waals surface area contributed by atoms with Crippen LogP contribution >= 0.6 is 11.8 Å². The fraction of sp³-hybridized carbons (Fsp3) is 0.538. The van der Waals surface area contributed by atoms with Gasteiger partial charge in [-0.15, -0.1) is 0 Å². The van der Waals surface area contributed by atoms with E-state index in [4.69, 9.17) is 0 Å². The number of hydrogen-bond donors (Lipinski definition) is 1. The lowest BCUT2D eigenvalue weighted by Gasteiger charge is -2.14. The van der Waals surface area contributed by atoms with Gasteiger partial charge in [-0.1, -0.05) is 13.0 Å². The molecule has 1 atom stereocenters. The third kappa shape index (κ3) is 4.54. The molecule has 3 heteroatoms. The second-order valence-electron chi connectivity index (χ2n) is 4.01. The SMILES string of the molecule is CCSCC(C)NCc1cc(F)ccc1C. The molecule has 0 radical (unpaired) electrons. The minimum atomic E-state index is -0.155. The van der Waals surface area contributed by atoms with Crippen molar-refractivity contribution in [3.63, 3.8) is 0 Å². The average molecular weight is 241 g/mol. The minimum absolute atomic E-state index is 0.155. The minimum Gasteiger partial charge on any atom is -0.309 e. The highest BCUT2D eigenvalue weighted by atomic mass is 32.2. The van der Waals surface area contributed by atoms with E-state index in [9.17, 15) is 4.39 Å². The third-order valence-electron chi connectivity index (χ3n) is 2.52. The van der Waals surface area contributed by atoms with Gasteiger partial charge in [-0.25, -0.2) is 4.39 Å². The number of thioether (sulfide) groups is 1. The fourth-order valence-electron chi connectivity index (χ4n) is 1.47. The van der Waals surface area contributed by atoms with Crippen LogP contribution in [0.5, 0.6) is 0 Å². The van der Waals surface area contributed by atoms with E-state index in [1.54, 1.807) is 6.07 Å². The Morgan fingerprint density at radius 2 is 2.19 bits per heavy atom. The summed E-state index contributed by atoms with van der Waals surface area (Å²) in [4.78, 5) is 0. The van der Waals surface area contributed by atoms with E-state index in [1.807, 2.05) is 24.8 Å². The number of halogens is 1. The molecule has 0 spiro atoms. The molecule has 0 aromatic heterocycles. The summed E-state index contributed by atoms with van der Waals surface area (Å²) < 4.78 is 13.0. The summed E-state index contributed by atoms with van der Waals surface area (Å²) in [6.07, 6.45) is 0. The summed E-state index contributed by atoms with van der Waals surface area (Å²) in [5.41, 5.74) is 2.19. The van der Waals surface area contributed by atoms with Crippen LogP contribution in [-0.2, 0) is 6.54 Å². The molecule has 16 heavy (non-hydrogen) atoms. The van der Waals surface area contributed by atoms with Gasteiger partial charge in [0.15, 0.2) is 0 Å². The Morgan fingerprint density at radius 3 is 2.88 bits per heavy atom. The first-order valence-electron chi connectivity index (χ1n) is 5.69. The largest absolute Gasteiger partial charge is 0.309 e. The number of aryl methyl sites for hydroxylation is 1. The highest BCUT2D eigenvalue weighted by Crippen LogP contribution is 2.10. The maximum atomic E-state index is 13.0. The summed E-state index contributed by atoms with van der Waals surface area (Å²) >= 11 is 1.92. The molecule has 0 fully saturated rings. The van der Waals surface area contributed by atoms with Crippen LogP contribution in [0.4, 0.5) is 4.39 Å². The van der Waals surface area contributed by atoms with Gasteiger partial charge >= 0.3 is 0 Å². The Balaban J connectivity index is 2.44. The van der Waals surface area contributed by atoms with Crippen LogP contribution in [0.25, 0.3) is 0 Å². The maximum Gasteiger partial charge on any atom is 0.123 e. The first-order valence-corrected chi connectivity index (χ1v) is 6.85. The molecule has 0 aliphatic rings. The molecule has 0 heterocycles. The van der Waals surface area contributed by atoms with Crippen molar-refractivity contribution in [2.75, 3.05) is 11.5 Å². The Labute approximate surface area is 102 Å². The van der Waals surface area contributed by atoms with E-state index >= 15 is 0 Å². The molecule has 0 aliphatic carbocycles. The van der Waals surface area contributed by atoms with Gasteiger partial charge in [0.05, 0.1) is 0 Å². The van der Waals surface area contributed by atoms with Gasteiger partial charge in [-0.2, -0.15) is 11.8 Å². The van der Waals surface area contributed by atoms with Gasteiger partial charge < -0.3 is 5.32 Å². The topological polar surface area (TPSA) is 12.0 Å². The van der Waals surface area contributed by atoms with E-state index in [1.165, 1.54) is 6.07 Å². The third-order valence-corrected chi connectivity index (χ3v) is 3.67. The molecular weight excluding hydrogens is 221 g/mol. The molecule has 0 bridgehead atoms. The van der Waals surface area contributed by atoms with Crippen LogP contribution < -0.4 is 5.32 Å². The lowest BCUT2D eigenvalue weighted by Crippen LogP contribution is -2.28. The Hall–Kier alpha value is -0.540. The molecule has 0 saturated heterocycles. The van der Waals surface area contributed by atoms with Crippen molar-refractivity contribution in [2.45, 2.75) is 33.4 Å². The zero-order valence-corrected chi connectivity index (χ0v) is 11.0. The normalized spacial score (nSPS) is 12.8. The molecule has 1 N–H and O–H groups in total. The van der Waals surface area contributed by atoms with Crippen LogP contribution in [0, 0.1) is 12.7 Å². The van der Waals surface area contributed by atoms with Crippen LogP contribution in [0.1, 0.15) is 25.0 Å².